The summed E-state index contributed by atoms with van der Waals surface area (Å²) in [5, 5.41) is 28.8. The predicted octanol–water partition coefficient (Wildman–Crippen LogP) is -2.31. The van der Waals surface area contributed by atoms with Crippen LogP contribution >= 0.6 is 0 Å². The van der Waals surface area contributed by atoms with E-state index in [1.807, 2.05) is 4.90 Å². The van der Waals surface area contributed by atoms with Crippen molar-refractivity contribution in [2.75, 3.05) is 37.8 Å². The molecule has 122 valence electrons. The van der Waals surface area contributed by atoms with E-state index in [2.05, 4.69) is 4.98 Å². The molecule has 0 spiro atoms. The molecule has 9 nitrogen and oxygen atoms in total. The summed E-state index contributed by atoms with van der Waals surface area (Å²) in [4.78, 5) is 18.1. The number of ether oxygens (including phenoxy) is 2. The summed E-state index contributed by atoms with van der Waals surface area (Å²) in [6.45, 7) is 2.04. The Bertz CT molecular complexity index is 573. The number of rotatable bonds is 3. The van der Waals surface area contributed by atoms with Crippen LogP contribution in [0.2, 0.25) is 0 Å². The van der Waals surface area contributed by atoms with Crippen LogP contribution in [0.4, 0.5) is 5.82 Å². The first kappa shape index (κ1) is 15.4. The summed E-state index contributed by atoms with van der Waals surface area (Å²) >= 11 is 0. The third kappa shape index (κ3) is 2.73. The lowest BCUT2D eigenvalue weighted by Crippen LogP contribution is -2.40. The third-order valence-corrected chi connectivity index (χ3v) is 3.94. The van der Waals surface area contributed by atoms with Gasteiger partial charge in [-0.15, -0.1) is 0 Å². The van der Waals surface area contributed by atoms with Crippen LogP contribution in [-0.4, -0.2) is 76.1 Å². The smallest absolute Gasteiger partial charge is 0.351 e. The largest absolute Gasteiger partial charge is 0.394 e. The van der Waals surface area contributed by atoms with Crippen molar-refractivity contribution >= 4 is 5.82 Å². The molecule has 2 fully saturated rings. The Morgan fingerprint density at radius 1 is 1.27 bits per heavy atom. The van der Waals surface area contributed by atoms with Gasteiger partial charge in [-0.1, -0.05) is 0 Å². The van der Waals surface area contributed by atoms with Gasteiger partial charge in [0.15, 0.2) is 6.23 Å². The molecule has 3 rings (SSSR count). The molecule has 2 aliphatic heterocycles. The van der Waals surface area contributed by atoms with Gasteiger partial charge in [0.25, 0.3) is 0 Å². The van der Waals surface area contributed by atoms with E-state index in [4.69, 9.17) is 14.6 Å². The zero-order valence-corrected chi connectivity index (χ0v) is 11.9. The van der Waals surface area contributed by atoms with Crippen LogP contribution in [0.25, 0.3) is 0 Å². The van der Waals surface area contributed by atoms with Crippen LogP contribution in [0.15, 0.2) is 17.1 Å². The Morgan fingerprint density at radius 3 is 2.59 bits per heavy atom. The highest BCUT2D eigenvalue weighted by atomic mass is 16.6. The lowest BCUT2D eigenvalue weighted by atomic mass is 10.1. The minimum Gasteiger partial charge on any atom is -0.394 e. The van der Waals surface area contributed by atoms with Crippen LogP contribution in [0.3, 0.4) is 0 Å². The summed E-state index contributed by atoms with van der Waals surface area (Å²) < 4.78 is 11.7. The van der Waals surface area contributed by atoms with E-state index in [1.165, 1.54) is 6.20 Å². The number of nitrogens with zero attached hydrogens (tertiary/aromatic N) is 3. The van der Waals surface area contributed by atoms with E-state index in [-0.39, 0.29) is 0 Å². The second-order valence-corrected chi connectivity index (χ2v) is 5.30. The Hall–Kier alpha value is -1.52. The molecule has 2 saturated heterocycles. The average Bonchev–Trinajstić information content (AvgIpc) is 2.83. The molecule has 0 aliphatic carbocycles. The standard InChI is InChI=1S/C13H19N3O6/c17-7-8-10(18)11(19)12(22-8)16-2-1-9(14-13(16)20)15-3-5-21-6-4-15/h1-2,8,10-12,17-19H,3-7H2/t8-,10+,11-,12-/m1/s1. The van der Waals surface area contributed by atoms with Crippen molar-refractivity contribution in [2.24, 2.45) is 0 Å². The molecule has 2 aliphatic rings. The Kier molecular flexibility index (Phi) is 4.41. The monoisotopic (exact) mass is 313 g/mol. The van der Waals surface area contributed by atoms with Crippen LogP contribution in [0, 0.1) is 0 Å². The molecule has 4 atom stereocenters. The maximum absolute atomic E-state index is 12.2. The topological polar surface area (TPSA) is 117 Å². The fourth-order valence-corrected chi connectivity index (χ4v) is 2.68. The second-order valence-electron chi connectivity index (χ2n) is 5.30. The maximum atomic E-state index is 12.2. The molecular weight excluding hydrogens is 294 g/mol. The van der Waals surface area contributed by atoms with Crippen molar-refractivity contribution in [2.45, 2.75) is 24.5 Å². The van der Waals surface area contributed by atoms with Crippen molar-refractivity contribution in [3.63, 3.8) is 0 Å². The van der Waals surface area contributed by atoms with E-state index in [0.29, 0.717) is 32.1 Å². The van der Waals surface area contributed by atoms with Crippen molar-refractivity contribution in [3.05, 3.63) is 22.7 Å². The molecule has 1 aromatic rings. The van der Waals surface area contributed by atoms with Crippen LogP contribution in [-0.2, 0) is 9.47 Å². The maximum Gasteiger partial charge on any atom is 0.351 e. The van der Waals surface area contributed by atoms with E-state index >= 15 is 0 Å². The summed E-state index contributed by atoms with van der Waals surface area (Å²) in [5.74, 6) is 0.538. The highest BCUT2D eigenvalue weighted by molar-refractivity contribution is 5.36. The van der Waals surface area contributed by atoms with E-state index in [1.54, 1.807) is 6.07 Å². The molecule has 0 bridgehead atoms. The van der Waals surface area contributed by atoms with Gasteiger partial charge in [0.05, 0.1) is 19.8 Å². The predicted molar refractivity (Wildman–Crippen MR) is 74.5 cm³/mol. The fourth-order valence-electron chi connectivity index (χ4n) is 2.68. The molecule has 1 aromatic heterocycles. The Morgan fingerprint density at radius 2 is 2.00 bits per heavy atom. The van der Waals surface area contributed by atoms with Crippen LogP contribution < -0.4 is 10.6 Å². The molecule has 0 aromatic carbocycles. The number of aliphatic hydroxyl groups is 3. The summed E-state index contributed by atoms with van der Waals surface area (Å²) in [6.07, 6.45) is -3.07. The van der Waals surface area contributed by atoms with Gasteiger partial charge in [-0.3, -0.25) is 4.57 Å². The van der Waals surface area contributed by atoms with Gasteiger partial charge >= 0.3 is 5.69 Å². The molecular formula is C13H19N3O6. The minimum absolute atomic E-state index is 0.442. The molecule has 0 unspecified atom stereocenters. The summed E-state index contributed by atoms with van der Waals surface area (Å²) in [7, 11) is 0. The molecule has 22 heavy (non-hydrogen) atoms. The van der Waals surface area contributed by atoms with Gasteiger partial charge in [0.1, 0.15) is 24.1 Å². The zero-order valence-electron chi connectivity index (χ0n) is 11.9. The first-order valence-corrected chi connectivity index (χ1v) is 7.16. The lowest BCUT2D eigenvalue weighted by Gasteiger charge is -2.28. The number of hydrogen-bond acceptors (Lipinski definition) is 8. The molecule has 0 saturated carbocycles. The van der Waals surface area contributed by atoms with Gasteiger partial charge in [-0.25, -0.2) is 4.79 Å². The number of morpholine rings is 1. The highest BCUT2D eigenvalue weighted by Gasteiger charge is 2.43. The van der Waals surface area contributed by atoms with E-state index < -0.39 is 36.8 Å². The van der Waals surface area contributed by atoms with E-state index in [9.17, 15) is 15.0 Å². The van der Waals surface area contributed by atoms with E-state index in [0.717, 1.165) is 4.57 Å². The van der Waals surface area contributed by atoms with Gasteiger partial charge in [0, 0.05) is 19.3 Å². The number of anilines is 1. The summed E-state index contributed by atoms with van der Waals surface area (Å²) in [5.41, 5.74) is -0.584. The Labute approximate surface area is 126 Å². The van der Waals surface area contributed by atoms with Gasteiger partial charge in [-0.05, 0) is 6.07 Å². The number of aliphatic hydroxyl groups excluding tert-OH is 3. The molecule has 9 heteroatoms. The minimum atomic E-state index is -1.30. The van der Waals surface area contributed by atoms with Gasteiger partial charge in [0.2, 0.25) is 0 Å². The molecule has 0 amide bonds. The fraction of sp³-hybridized carbons (Fsp3) is 0.692. The van der Waals surface area contributed by atoms with Crippen molar-refractivity contribution in [1.29, 1.82) is 0 Å². The summed E-state index contributed by atoms with van der Waals surface area (Å²) in [6, 6.07) is 1.65. The number of hydrogen-bond donors (Lipinski definition) is 3. The molecule has 3 N–H and O–H groups in total. The highest BCUT2D eigenvalue weighted by Crippen LogP contribution is 2.28. The Balaban J connectivity index is 1.82. The number of aromatic nitrogens is 2. The molecule has 0 radical (unpaired) electrons. The quantitative estimate of drug-likeness (QED) is 0.570. The lowest BCUT2D eigenvalue weighted by molar-refractivity contribution is -0.0549. The normalized spacial score (nSPS) is 32.4. The van der Waals surface area contributed by atoms with Gasteiger partial charge < -0.3 is 29.7 Å². The van der Waals surface area contributed by atoms with Crippen LogP contribution in [0.1, 0.15) is 6.23 Å². The zero-order chi connectivity index (χ0) is 15.7. The third-order valence-electron chi connectivity index (χ3n) is 3.94. The first-order chi connectivity index (χ1) is 10.6. The average molecular weight is 313 g/mol. The van der Waals surface area contributed by atoms with Gasteiger partial charge in [-0.2, -0.15) is 4.98 Å². The van der Waals surface area contributed by atoms with Crippen molar-refractivity contribution < 1.29 is 24.8 Å². The first-order valence-electron chi connectivity index (χ1n) is 7.16. The van der Waals surface area contributed by atoms with Crippen molar-refractivity contribution in [3.8, 4) is 0 Å². The second kappa shape index (κ2) is 6.31. The molecule has 3 heterocycles. The SMILES string of the molecule is O=c1nc(N2CCOCC2)ccn1[C@@H]1O[C@H](CO)[C@H](O)[C@H]1O. The van der Waals surface area contributed by atoms with Crippen LogP contribution in [0.5, 0.6) is 0 Å². The van der Waals surface area contributed by atoms with Crippen molar-refractivity contribution in [1.82, 2.24) is 9.55 Å².